The van der Waals surface area contributed by atoms with Crippen molar-refractivity contribution in [2.24, 2.45) is 5.92 Å². The Bertz CT molecular complexity index is 949. The molecular formula is C18H21F2N3O3S. The van der Waals surface area contributed by atoms with E-state index >= 15 is 0 Å². The monoisotopic (exact) mass is 397 g/mol. The van der Waals surface area contributed by atoms with E-state index in [1.807, 2.05) is 0 Å². The molecule has 0 spiro atoms. The van der Waals surface area contributed by atoms with Crippen LogP contribution in [0.4, 0.5) is 8.78 Å². The predicted octanol–water partition coefficient (Wildman–Crippen LogP) is 3.18. The van der Waals surface area contributed by atoms with E-state index in [1.54, 1.807) is 6.92 Å². The van der Waals surface area contributed by atoms with Crippen LogP contribution in [0.3, 0.4) is 0 Å². The maximum absolute atomic E-state index is 13.5. The molecule has 146 valence electrons. The normalized spacial score (nSPS) is 20.7. The van der Waals surface area contributed by atoms with Crippen molar-refractivity contribution in [1.29, 1.82) is 0 Å². The third-order valence-corrected chi connectivity index (χ3v) is 7.48. The number of aryl methyl sites for hydroxylation is 1. The molecule has 4 rings (SSSR count). The zero-order valence-corrected chi connectivity index (χ0v) is 15.8. The van der Waals surface area contributed by atoms with E-state index in [2.05, 4.69) is 10.1 Å². The van der Waals surface area contributed by atoms with E-state index in [0.717, 1.165) is 24.6 Å². The zero-order valence-electron chi connectivity index (χ0n) is 15.0. The second-order valence-electron chi connectivity index (χ2n) is 7.54. The molecule has 0 unspecified atom stereocenters. The fourth-order valence-corrected chi connectivity index (χ4v) is 5.30. The van der Waals surface area contributed by atoms with Crippen molar-refractivity contribution in [2.75, 3.05) is 13.1 Å². The van der Waals surface area contributed by atoms with E-state index < -0.39 is 21.7 Å². The van der Waals surface area contributed by atoms with Gasteiger partial charge in [-0.2, -0.15) is 9.29 Å². The molecule has 9 heteroatoms. The lowest BCUT2D eigenvalue weighted by Gasteiger charge is -2.39. The second kappa shape index (κ2) is 6.63. The molecule has 6 nitrogen and oxygen atoms in total. The molecule has 0 amide bonds. The van der Waals surface area contributed by atoms with Crippen LogP contribution in [0.15, 0.2) is 27.6 Å². The number of nitrogens with zero attached hydrogens (tertiary/aromatic N) is 3. The molecule has 2 heterocycles. The van der Waals surface area contributed by atoms with E-state index in [9.17, 15) is 17.2 Å². The summed E-state index contributed by atoms with van der Waals surface area (Å²) >= 11 is 0. The van der Waals surface area contributed by atoms with Crippen molar-refractivity contribution in [1.82, 2.24) is 14.4 Å². The highest BCUT2D eigenvalue weighted by Crippen LogP contribution is 2.47. The van der Waals surface area contributed by atoms with Gasteiger partial charge in [-0.25, -0.2) is 17.2 Å². The van der Waals surface area contributed by atoms with E-state index in [4.69, 9.17) is 4.52 Å². The van der Waals surface area contributed by atoms with Crippen LogP contribution in [0.2, 0.25) is 0 Å². The SMILES string of the molecule is Cc1nc(C2(CC3CC3)CCN(S(=O)(=O)c3ccc(F)c(F)c3)CC2)no1. The number of rotatable bonds is 5. The molecule has 0 N–H and O–H groups in total. The number of hydrogen-bond donors (Lipinski definition) is 0. The average molecular weight is 397 g/mol. The predicted molar refractivity (Wildman–Crippen MR) is 92.4 cm³/mol. The Morgan fingerprint density at radius 1 is 1.22 bits per heavy atom. The Balaban J connectivity index is 1.56. The van der Waals surface area contributed by atoms with Crippen LogP contribution in [0.5, 0.6) is 0 Å². The van der Waals surface area contributed by atoms with Gasteiger partial charge in [0.2, 0.25) is 15.9 Å². The third kappa shape index (κ3) is 3.50. The fourth-order valence-electron chi connectivity index (χ4n) is 3.85. The Kier molecular flexibility index (Phi) is 4.54. The van der Waals surface area contributed by atoms with Crippen LogP contribution in [0, 0.1) is 24.5 Å². The van der Waals surface area contributed by atoms with Crippen molar-refractivity contribution in [2.45, 2.75) is 49.3 Å². The molecular weight excluding hydrogens is 376 g/mol. The summed E-state index contributed by atoms with van der Waals surface area (Å²) in [7, 11) is -3.88. The maximum Gasteiger partial charge on any atom is 0.243 e. The van der Waals surface area contributed by atoms with Crippen LogP contribution in [-0.4, -0.2) is 36.0 Å². The van der Waals surface area contributed by atoms with Crippen molar-refractivity contribution < 1.29 is 21.7 Å². The summed E-state index contributed by atoms with van der Waals surface area (Å²) in [4.78, 5) is 4.19. The Morgan fingerprint density at radius 2 is 1.93 bits per heavy atom. The minimum atomic E-state index is -3.88. The number of benzene rings is 1. The minimum Gasteiger partial charge on any atom is -0.340 e. The smallest absolute Gasteiger partial charge is 0.243 e. The molecule has 2 aliphatic rings. The van der Waals surface area contributed by atoms with Gasteiger partial charge in [-0.1, -0.05) is 18.0 Å². The Hall–Kier alpha value is -1.87. The minimum absolute atomic E-state index is 0.230. The highest BCUT2D eigenvalue weighted by molar-refractivity contribution is 7.89. The van der Waals surface area contributed by atoms with Crippen LogP contribution in [0.25, 0.3) is 0 Å². The van der Waals surface area contributed by atoms with Crippen LogP contribution in [0.1, 0.15) is 43.8 Å². The van der Waals surface area contributed by atoms with Gasteiger partial charge in [-0.15, -0.1) is 0 Å². The first-order valence-electron chi connectivity index (χ1n) is 9.06. The van der Waals surface area contributed by atoms with Gasteiger partial charge in [-0.3, -0.25) is 0 Å². The summed E-state index contributed by atoms with van der Waals surface area (Å²) in [6.07, 6.45) is 4.42. The summed E-state index contributed by atoms with van der Waals surface area (Å²) < 4.78 is 58.8. The molecule has 2 fully saturated rings. The summed E-state index contributed by atoms with van der Waals surface area (Å²) in [5.41, 5.74) is -0.293. The molecule has 1 saturated carbocycles. The number of piperidine rings is 1. The van der Waals surface area contributed by atoms with Crippen molar-refractivity contribution >= 4 is 10.0 Å². The van der Waals surface area contributed by atoms with Crippen molar-refractivity contribution in [3.05, 3.63) is 41.5 Å². The summed E-state index contributed by atoms with van der Waals surface area (Å²) in [5, 5.41) is 4.11. The average Bonchev–Trinajstić information content (AvgIpc) is 3.34. The standard InChI is InChI=1S/C18H21F2N3O3S/c1-12-21-17(22-26-12)18(11-13-2-3-13)6-8-23(9-7-18)27(24,25)14-4-5-15(19)16(20)10-14/h4-5,10,13H,2-3,6-9,11H2,1H3. The van der Waals surface area contributed by atoms with Crippen LogP contribution >= 0.6 is 0 Å². The largest absolute Gasteiger partial charge is 0.340 e. The molecule has 0 bridgehead atoms. The molecule has 1 saturated heterocycles. The molecule has 27 heavy (non-hydrogen) atoms. The lowest BCUT2D eigenvalue weighted by Crippen LogP contribution is -2.46. The van der Waals surface area contributed by atoms with Gasteiger partial charge in [0.25, 0.3) is 0 Å². The summed E-state index contributed by atoms with van der Waals surface area (Å²) in [6.45, 7) is 2.30. The Morgan fingerprint density at radius 3 is 2.48 bits per heavy atom. The van der Waals surface area contributed by atoms with E-state index in [1.165, 1.54) is 17.1 Å². The lowest BCUT2D eigenvalue weighted by atomic mass is 9.74. The number of hydrogen-bond acceptors (Lipinski definition) is 5. The molecule has 1 aromatic heterocycles. The number of aromatic nitrogens is 2. The maximum atomic E-state index is 13.5. The van der Waals surface area contributed by atoms with Crippen LogP contribution in [-0.2, 0) is 15.4 Å². The summed E-state index contributed by atoms with van der Waals surface area (Å²) in [5.74, 6) is -0.464. The number of sulfonamides is 1. The molecule has 1 aliphatic heterocycles. The van der Waals surface area contributed by atoms with Crippen molar-refractivity contribution in [3.8, 4) is 0 Å². The first-order valence-corrected chi connectivity index (χ1v) is 10.5. The van der Waals surface area contributed by atoms with Gasteiger partial charge in [0, 0.05) is 25.4 Å². The molecule has 0 atom stereocenters. The third-order valence-electron chi connectivity index (χ3n) is 5.59. The highest BCUT2D eigenvalue weighted by Gasteiger charge is 2.45. The highest BCUT2D eigenvalue weighted by atomic mass is 32.2. The van der Waals surface area contributed by atoms with Gasteiger partial charge in [0.05, 0.1) is 4.90 Å². The van der Waals surface area contributed by atoms with Gasteiger partial charge >= 0.3 is 0 Å². The van der Waals surface area contributed by atoms with E-state index in [-0.39, 0.29) is 23.4 Å². The van der Waals surface area contributed by atoms with Gasteiger partial charge < -0.3 is 4.52 Å². The van der Waals surface area contributed by atoms with Crippen LogP contribution < -0.4 is 0 Å². The molecule has 2 aromatic rings. The number of halogens is 2. The first kappa shape index (κ1) is 18.5. The van der Waals surface area contributed by atoms with E-state index in [0.29, 0.717) is 30.5 Å². The first-order chi connectivity index (χ1) is 12.8. The second-order valence-corrected chi connectivity index (χ2v) is 9.48. The fraction of sp³-hybridized carbons (Fsp3) is 0.556. The molecule has 1 aromatic carbocycles. The lowest BCUT2D eigenvalue weighted by molar-refractivity contribution is 0.198. The zero-order chi connectivity index (χ0) is 19.2. The van der Waals surface area contributed by atoms with Gasteiger partial charge in [0.15, 0.2) is 17.5 Å². The molecule has 0 radical (unpaired) electrons. The quantitative estimate of drug-likeness (QED) is 0.775. The van der Waals surface area contributed by atoms with Gasteiger partial charge in [0.1, 0.15) is 0 Å². The van der Waals surface area contributed by atoms with Crippen molar-refractivity contribution in [3.63, 3.8) is 0 Å². The Labute approximate surface area is 156 Å². The summed E-state index contributed by atoms with van der Waals surface area (Å²) in [6, 6.07) is 2.67. The molecule has 1 aliphatic carbocycles. The van der Waals surface area contributed by atoms with Gasteiger partial charge in [-0.05, 0) is 43.4 Å². The topological polar surface area (TPSA) is 76.3 Å².